The number of aromatic amines is 1. The molecule has 0 fully saturated rings. The zero-order valence-corrected chi connectivity index (χ0v) is 18.0. The Bertz CT molecular complexity index is 1290. The minimum absolute atomic E-state index is 0.130. The number of ether oxygens (including phenoxy) is 1. The van der Waals surface area contributed by atoms with Gasteiger partial charge in [-0.2, -0.15) is 5.10 Å². The number of aromatic nitrogens is 2. The van der Waals surface area contributed by atoms with Crippen molar-refractivity contribution in [3.8, 4) is 5.75 Å². The van der Waals surface area contributed by atoms with Crippen LogP contribution < -0.4 is 15.8 Å². The summed E-state index contributed by atoms with van der Waals surface area (Å²) in [5, 5.41) is 10.4. The molecule has 4 N–H and O–H groups in total. The van der Waals surface area contributed by atoms with Crippen LogP contribution in [0, 0.1) is 5.82 Å². The number of benzene rings is 3. The number of nitrogens with one attached hydrogen (secondary N) is 2. The molecule has 0 atom stereocenters. The summed E-state index contributed by atoms with van der Waals surface area (Å²) in [4.78, 5) is 16.3. The average Bonchev–Trinajstić information content (AvgIpc) is 3.20. The lowest BCUT2D eigenvalue weighted by Gasteiger charge is -2.06. The molecule has 0 bridgehead atoms. The highest BCUT2D eigenvalue weighted by atomic mass is 35.5. The Morgan fingerprint density at radius 2 is 1.91 bits per heavy atom. The highest BCUT2D eigenvalue weighted by Crippen LogP contribution is 2.27. The van der Waals surface area contributed by atoms with Crippen molar-refractivity contribution in [3.05, 3.63) is 100 Å². The number of hydrogen-bond acceptors (Lipinski definition) is 5. The molecule has 1 heterocycles. The Hall–Kier alpha value is -4.17. The van der Waals surface area contributed by atoms with Crippen LogP contribution in [0.1, 0.15) is 21.5 Å². The van der Waals surface area contributed by atoms with Crippen LogP contribution in [-0.2, 0) is 6.61 Å². The summed E-state index contributed by atoms with van der Waals surface area (Å²) >= 11 is 6.00. The lowest BCUT2D eigenvalue weighted by atomic mass is 10.2. The first-order chi connectivity index (χ1) is 16.0. The number of nitrogens with zero attached hydrogens (tertiary/aromatic N) is 2. The molecule has 33 heavy (non-hydrogen) atoms. The van der Waals surface area contributed by atoms with Crippen LogP contribution in [0.25, 0.3) is 0 Å². The van der Waals surface area contributed by atoms with E-state index in [1.807, 2.05) is 12.1 Å². The van der Waals surface area contributed by atoms with E-state index in [2.05, 4.69) is 20.5 Å². The molecular formula is C24H19ClFN5O2. The van der Waals surface area contributed by atoms with Crippen LogP contribution >= 0.6 is 11.6 Å². The molecule has 0 radical (unpaired) electrons. The number of hydrogen-bond donors (Lipinski definition) is 3. The first-order valence-electron chi connectivity index (χ1n) is 9.90. The van der Waals surface area contributed by atoms with Crippen molar-refractivity contribution >= 4 is 41.0 Å². The van der Waals surface area contributed by atoms with E-state index in [9.17, 15) is 9.18 Å². The first-order valence-corrected chi connectivity index (χ1v) is 10.3. The second-order valence-corrected chi connectivity index (χ2v) is 7.47. The van der Waals surface area contributed by atoms with Gasteiger partial charge in [0, 0.05) is 16.9 Å². The van der Waals surface area contributed by atoms with Gasteiger partial charge < -0.3 is 15.8 Å². The molecule has 1 amide bonds. The molecule has 0 saturated carbocycles. The Balaban J connectivity index is 1.44. The number of anilines is 2. The van der Waals surface area contributed by atoms with Crippen LogP contribution in [0.4, 0.5) is 21.7 Å². The predicted molar refractivity (Wildman–Crippen MR) is 126 cm³/mol. The molecule has 4 rings (SSSR count). The molecule has 7 nitrogen and oxygen atoms in total. The van der Waals surface area contributed by atoms with Gasteiger partial charge in [-0.15, -0.1) is 0 Å². The minimum Gasteiger partial charge on any atom is -0.489 e. The van der Waals surface area contributed by atoms with Crippen molar-refractivity contribution in [2.45, 2.75) is 6.61 Å². The van der Waals surface area contributed by atoms with Crippen molar-refractivity contribution in [1.82, 2.24) is 10.2 Å². The van der Waals surface area contributed by atoms with E-state index in [1.54, 1.807) is 54.7 Å². The number of carbonyl (C=O) groups is 1. The SMILES string of the molecule is NC(=O)c1c(Nc2cccc(Cl)c2)n[nH]c1/N=C/c1ccc(OCc2ccc(F)cc2)cc1. The molecule has 0 unspecified atom stereocenters. The van der Waals surface area contributed by atoms with E-state index in [-0.39, 0.29) is 23.0 Å². The number of halogens is 2. The van der Waals surface area contributed by atoms with E-state index in [0.29, 0.717) is 23.1 Å². The van der Waals surface area contributed by atoms with Crippen LogP contribution in [0.5, 0.6) is 5.75 Å². The molecule has 0 spiro atoms. The fraction of sp³-hybridized carbons (Fsp3) is 0.0417. The number of carbonyl (C=O) groups excluding carboxylic acids is 1. The quantitative estimate of drug-likeness (QED) is 0.305. The number of aliphatic imine (C=N–C) groups is 1. The van der Waals surface area contributed by atoms with Crippen LogP contribution in [-0.4, -0.2) is 22.3 Å². The summed E-state index contributed by atoms with van der Waals surface area (Å²) in [5.74, 6) is 0.172. The minimum atomic E-state index is -0.676. The van der Waals surface area contributed by atoms with Crippen molar-refractivity contribution in [2.75, 3.05) is 5.32 Å². The summed E-state index contributed by atoms with van der Waals surface area (Å²) < 4.78 is 18.7. The Morgan fingerprint density at radius 1 is 1.15 bits per heavy atom. The van der Waals surface area contributed by atoms with E-state index in [4.69, 9.17) is 22.1 Å². The van der Waals surface area contributed by atoms with Crippen molar-refractivity contribution in [1.29, 1.82) is 0 Å². The van der Waals surface area contributed by atoms with Gasteiger partial charge in [0.15, 0.2) is 11.6 Å². The van der Waals surface area contributed by atoms with Gasteiger partial charge in [-0.05, 0) is 65.7 Å². The monoisotopic (exact) mass is 463 g/mol. The summed E-state index contributed by atoms with van der Waals surface area (Å²) in [5.41, 5.74) is 7.97. The van der Waals surface area contributed by atoms with Crippen LogP contribution in [0.15, 0.2) is 77.8 Å². The Kier molecular flexibility index (Phi) is 6.66. The van der Waals surface area contributed by atoms with Crippen LogP contribution in [0.3, 0.4) is 0 Å². The van der Waals surface area contributed by atoms with E-state index < -0.39 is 5.91 Å². The smallest absolute Gasteiger partial charge is 0.256 e. The van der Waals surface area contributed by atoms with Gasteiger partial charge in [0.1, 0.15) is 23.7 Å². The van der Waals surface area contributed by atoms with Crippen LogP contribution in [0.2, 0.25) is 5.02 Å². The molecule has 4 aromatic rings. The molecule has 0 saturated heterocycles. The van der Waals surface area contributed by atoms with Gasteiger partial charge in [0.2, 0.25) is 0 Å². The summed E-state index contributed by atoms with van der Waals surface area (Å²) in [6.07, 6.45) is 1.58. The van der Waals surface area contributed by atoms with Crippen molar-refractivity contribution in [2.24, 2.45) is 10.7 Å². The third-order valence-corrected chi connectivity index (χ3v) is 4.86. The van der Waals surface area contributed by atoms with Crippen molar-refractivity contribution in [3.63, 3.8) is 0 Å². The first kappa shape index (κ1) is 22.0. The molecule has 166 valence electrons. The summed E-state index contributed by atoms with van der Waals surface area (Å²) in [7, 11) is 0. The highest BCUT2D eigenvalue weighted by Gasteiger charge is 2.18. The maximum Gasteiger partial charge on any atom is 0.256 e. The summed E-state index contributed by atoms with van der Waals surface area (Å²) in [6, 6.07) is 20.3. The molecular weight excluding hydrogens is 445 g/mol. The molecule has 0 aliphatic heterocycles. The second kappa shape index (κ2) is 9.97. The number of amides is 1. The number of rotatable bonds is 8. The third-order valence-electron chi connectivity index (χ3n) is 4.62. The third kappa shape index (κ3) is 5.75. The zero-order chi connectivity index (χ0) is 23.2. The second-order valence-electron chi connectivity index (χ2n) is 7.04. The van der Waals surface area contributed by atoms with Gasteiger partial charge in [-0.1, -0.05) is 29.8 Å². The van der Waals surface area contributed by atoms with E-state index in [1.165, 1.54) is 12.1 Å². The van der Waals surface area contributed by atoms with Gasteiger partial charge in [0.25, 0.3) is 5.91 Å². The normalized spacial score (nSPS) is 11.0. The number of nitrogens with two attached hydrogens (primary N) is 1. The maximum absolute atomic E-state index is 13.0. The largest absolute Gasteiger partial charge is 0.489 e. The van der Waals surface area contributed by atoms with Gasteiger partial charge in [-0.3, -0.25) is 9.89 Å². The molecule has 9 heteroatoms. The number of H-pyrrole nitrogens is 1. The topological polar surface area (TPSA) is 105 Å². The Morgan fingerprint density at radius 3 is 2.61 bits per heavy atom. The van der Waals surface area contributed by atoms with Gasteiger partial charge in [-0.25, -0.2) is 9.38 Å². The van der Waals surface area contributed by atoms with Crippen molar-refractivity contribution < 1.29 is 13.9 Å². The van der Waals surface area contributed by atoms with Gasteiger partial charge in [0.05, 0.1) is 0 Å². The lowest BCUT2D eigenvalue weighted by Crippen LogP contribution is -2.12. The Labute approximate surface area is 194 Å². The lowest BCUT2D eigenvalue weighted by molar-refractivity contribution is 0.100. The van der Waals surface area contributed by atoms with E-state index in [0.717, 1.165) is 11.1 Å². The molecule has 0 aliphatic rings. The van der Waals surface area contributed by atoms with E-state index >= 15 is 0 Å². The summed E-state index contributed by atoms with van der Waals surface area (Å²) in [6.45, 7) is 0.326. The molecule has 1 aromatic heterocycles. The zero-order valence-electron chi connectivity index (χ0n) is 17.3. The fourth-order valence-corrected chi connectivity index (χ4v) is 3.18. The molecule has 3 aromatic carbocycles. The van der Waals surface area contributed by atoms with Gasteiger partial charge >= 0.3 is 0 Å². The maximum atomic E-state index is 13.0. The molecule has 0 aliphatic carbocycles. The average molecular weight is 464 g/mol. The fourth-order valence-electron chi connectivity index (χ4n) is 2.99. The highest BCUT2D eigenvalue weighted by molar-refractivity contribution is 6.30. The number of primary amides is 1. The predicted octanol–water partition coefficient (Wildman–Crippen LogP) is 5.37. The standard InChI is InChI=1S/C24H19ClFN5O2/c25-17-2-1-3-19(12-17)29-24-21(22(27)32)23(30-31-24)28-13-15-6-10-20(11-7-15)33-14-16-4-8-18(26)9-5-16/h1-13H,14H2,(H2,27,32)(H2,29,30,31)/b28-13+.